The number of hydrogen-bond donors (Lipinski definition) is 1. The Kier molecular flexibility index (Phi) is 6.79. The van der Waals surface area contributed by atoms with Crippen LogP contribution in [0.4, 0.5) is 11.8 Å². The van der Waals surface area contributed by atoms with Crippen LogP contribution in [0.25, 0.3) is 10.9 Å². The van der Waals surface area contributed by atoms with Crippen LogP contribution in [0.5, 0.6) is 5.75 Å². The molecule has 0 unspecified atom stereocenters. The Bertz CT molecular complexity index is 1260. The second kappa shape index (κ2) is 10.3. The van der Waals surface area contributed by atoms with Crippen LogP contribution < -0.4 is 15.0 Å². The molecular formula is C27H28ClN5O. The summed E-state index contributed by atoms with van der Waals surface area (Å²) in [6, 6.07) is 24.3. The second-order valence-corrected chi connectivity index (χ2v) is 8.85. The first-order valence-electron chi connectivity index (χ1n) is 11.5. The maximum absolute atomic E-state index is 6.36. The van der Waals surface area contributed by atoms with Crippen molar-refractivity contribution < 1.29 is 4.74 Å². The summed E-state index contributed by atoms with van der Waals surface area (Å²) < 4.78 is 5.26. The summed E-state index contributed by atoms with van der Waals surface area (Å²) in [5, 5.41) is 5.38. The average Bonchev–Trinajstić information content (AvgIpc) is 2.89. The summed E-state index contributed by atoms with van der Waals surface area (Å²) in [6.45, 7) is 5.17. The Hall–Kier alpha value is -3.35. The van der Waals surface area contributed by atoms with E-state index in [2.05, 4.69) is 39.4 Å². The number of nitrogens with one attached hydrogen (secondary N) is 1. The predicted octanol–water partition coefficient (Wildman–Crippen LogP) is 5.23. The molecule has 0 bridgehead atoms. The molecule has 0 saturated carbocycles. The van der Waals surface area contributed by atoms with Gasteiger partial charge in [-0.1, -0.05) is 54.1 Å². The molecule has 5 rings (SSSR count). The fraction of sp³-hybridized carbons (Fsp3) is 0.259. The van der Waals surface area contributed by atoms with E-state index in [1.165, 1.54) is 11.1 Å². The molecule has 1 aliphatic rings. The summed E-state index contributed by atoms with van der Waals surface area (Å²) in [7, 11) is 1.68. The summed E-state index contributed by atoms with van der Waals surface area (Å²) in [5.41, 5.74) is 3.28. The molecule has 1 fully saturated rings. The zero-order chi connectivity index (χ0) is 23.3. The van der Waals surface area contributed by atoms with Crippen molar-refractivity contribution in [2.24, 2.45) is 0 Å². The highest BCUT2D eigenvalue weighted by Crippen LogP contribution is 2.25. The second-order valence-electron chi connectivity index (χ2n) is 8.45. The Morgan fingerprint density at radius 1 is 0.882 bits per heavy atom. The lowest BCUT2D eigenvalue weighted by Gasteiger charge is -2.35. The van der Waals surface area contributed by atoms with Crippen molar-refractivity contribution in [1.82, 2.24) is 14.9 Å². The Balaban J connectivity index is 1.30. The van der Waals surface area contributed by atoms with Crippen molar-refractivity contribution in [2.75, 3.05) is 43.5 Å². The van der Waals surface area contributed by atoms with Crippen molar-refractivity contribution in [2.45, 2.75) is 13.1 Å². The summed E-state index contributed by atoms with van der Waals surface area (Å²) in [4.78, 5) is 14.5. The fourth-order valence-corrected chi connectivity index (χ4v) is 4.44. The van der Waals surface area contributed by atoms with Gasteiger partial charge < -0.3 is 15.0 Å². The number of halogens is 1. The Morgan fingerprint density at radius 3 is 2.38 bits per heavy atom. The minimum Gasteiger partial charge on any atom is -0.497 e. The number of piperazine rings is 1. The molecule has 4 aromatic rings. The van der Waals surface area contributed by atoms with Crippen molar-refractivity contribution in [1.29, 1.82) is 0 Å². The minimum absolute atomic E-state index is 0.677. The van der Waals surface area contributed by atoms with E-state index in [9.17, 15) is 0 Å². The van der Waals surface area contributed by atoms with Crippen LogP contribution >= 0.6 is 11.6 Å². The van der Waals surface area contributed by atoms with E-state index in [0.29, 0.717) is 6.54 Å². The van der Waals surface area contributed by atoms with Gasteiger partial charge in [0.2, 0.25) is 5.95 Å². The highest BCUT2D eigenvalue weighted by molar-refractivity contribution is 6.31. The molecule has 174 valence electrons. The molecule has 1 aromatic heterocycles. The van der Waals surface area contributed by atoms with Crippen molar-refractivity contribution >= 4 is 34.3 Å². The summed E-state index contributed by atoms with van der Waals surface area (Å²) in [5.74, 6) is 2.48. The van der Waals surface area contributed by atoms with E-state index >= 15 is 0 Å². The van der Waals surface area contributed by atoms with E-state index in [1.54, 1.807) is 7.11 Å². The number of benzene rings is 3. The number of fused-ring (bicyclic) bond motifs is 1. The zero-order valence-corrected chi connectivity index (χ0v) is 20.0. The van der Waals surface area contributed by atoms with Crippen LogP contribution in [0.3, 0.4) is 0 Å². The SMILES string of the molecule is COc1ccc(CNc2nc(N3CCN(Cc4ccccc4Cl)CC3)nc3ccccc23)cc1. The van der Waals surface area contributed by atoms with Crippen LogP contribution in [0.2, 0.25) is 5.02 Å². The van der Waals surface area contributed by atoms with Crippen molar-refractivity contribution in [3.05, 3.63) is 88.9 Å². The highest BCUT2D eigenvalue weighted by atomic mass is 35.5. The first-order chi connectivity index (χ1) is 16.7. The Labute approximate surface area is 205 Å². The number of methoxy groups -OCH3 is 1. The molecule has 0 aliphatic carbocycles. The smallest absolute Gasteiger partial charge is 0.227 e. The molecule has 0 radical (unpaired) electrons. The molecule has 0 atom stereocenters. The molecule has 1 N–H and O–H groups in total. The van der Waals surface area contributed by atoms with E-state index in [-0.39, 0.29) is 0 Å². The van der Waals surface area contributed by atoms with Crippen molar-refractivity contribution in [3.8, 4) is 5.75 Å². The van der Waals surface area contributed by atoms with Gasteiger partial charge in [-0.05, 0) is 41.5 Å². The predicted molar refractivity (Wildman–Crippen MR) is 139 cm³/mol. The Morgan fingerprint density at radius 2 is 1.62 bits per heavy atom. The number of hydrogen-bond acceptors (Lipinski definition) is 6. The topological polar surface area (TPSA) is 53.5 Å². The number of ether oxygens (including phenoxy) is 1. The number of anilines is 2. The molecule has 34 heavy (non-hydrogen) atoms. The summed E-state index contributed by atoms with van der Waals surface area (Å²) in [6.07, 6.45) is 0. The van der Waals surface area contributed by atoms with Gasteiger partial charge in [0.05, 0.1) is 12.6 Å². The van der Waals surface area contributed by atoms with Gasteiger partial charge in [0.15, 0.2) is 0 Å². The first-order valence-corrected chi connectivity index (χ1v) is 11.9. The molecule has 0 amide bonds. The number of nitrogens with zero attached hydrogens (tertiary/aromatic N) is 4. The lowest BCUT2D eigenvalue weighted by Crippen LogP contribution is -2.46. The largest absolute Gasteiger partial charge is 0.497 e. The maximum Gasteiger partial charge on any atom is 0.227 e. The molecule has 1 saturated heterocycles. The normalized spacial score (nSPS) is 14.4. The fourth-order valence-electron chi connectivity index (χ4n) is 4.24. The molecule has 0 spiro atoms. The third kappa shape index (κ3) is 5.08. The van der Waals surface area contributed by atoms with E-state index < -0.39 is 0 Å². The third-order valence-corrected chi connectivity index (χ3v) is 6.59. The summed E-state index contributed by atoms with van der Waals surface area (Å²) >= 11 is 6.36. The van der Waals surface area contributed by atoms with Crippen LogP contribution in [0.1, 0.15) is 11.1 Å². The average molecular weight is 474 g/mol. The van der Waals surface area contributed by atoms with Gasteiger partial charge in [-0.2, -0.15) is 4.98 Å². The number of rotatable bonds is 7. The van der Waals surface area contributed by atoms with Crippen LogP contribution in [0.15, 0.2) is 72.8 Å². The van der Waals surface area contributed by atoms with Gasteiger partial charge in [0, 0.05) is 49.7 Å². The first kappa shape index (κ1) is 22.4. The quantitative estimate of drug-likeness (QED) is 0.397. The van der Waals surface area contributed by atoms with E-state index in [4.69, 9.17) is 26.3 Å². The van der Waals surface area contributed by atoms with Crippen LogP contribution in [0, 0.1) is 0 Å². The number of para-hydroxylation sites is 1. The maximum atomic E-state index is 6.36. The minimum atomic E-state index is 0.677. The van der Waals surface area contributed by atoms with Crippen LogP contribution in [-0.4, -0.2) is 48.2 Å². The van der Waals surface area contributed by atoms with Gasteiger partial charge in [-0.25, -0.2) is 4.98 Å². The number of aromatic nitrogens is 2. The van der Waals surface area contributed by atoms with Crippen molar-refractivity contribution in [3.63, 3.8) is 0 Å². The third-order valence-electron chi connectivity index (χ3n) is 6.22. The van der Waals surface area contributed by atoms with Crippen LogP contribution in [-0.2, 0) is 13.1 Å². The molecule has 3 aromatic carbocycles. The molecule has 6 nitrogen and oxygen atoms in total. The lowest BCUT2D eigenvalue weighted by atomic mass is 10.2. The standard InChI is InChI=1S/C27H28ClN5O/c1-34-22-12-10-20(11-13-22)18-29-26-23-7-3-5-9-25(23)30-27(31-26)33-16-14-32(15-17-33)19-21-6-2-4-8-24(21)28/h2-13H,14-19H2,1H3,(H,29,30,31). The van der Waals surface area contributed by atoms with E-state index in [1.807, 2.05) is 48.5 Å². The monoisotopic (exact) mass is 473 g/mol. The highest BCUT2D eigenvalue weighted by Gasteiger charge is 2.21. The van der Waals surface area contributed by atoms with Gasteiger partial charge >= 0.3 is 0 Å². The molecule has 1 aliphatic heterocycles. The van der Waals surface area contributed by atoms with Gasteiger partial charge in [0.25, 0.3) is 0 Å². The van der Waals surface area contributed by atoms with Gasteiger partial charge in [0.1, 0.15) is 11.6 Å². The van der Waals surface area contributed by atoms with Gasteiger partial charge in [-0.3, -0.25) is 4.90 Å². The lowest BCUT2D eigenvalue weighted by molar-refractivity contribution is 0.249. The molecule has 2 heterocycles. The van der Waals surface area contributed by atoms with Gasteiger partial charge in [-0.15, -0.1) is 0 Å². The molecule has 7 heteroatoms. The zero-order valence-electron chi connectivity index (χ0n) is 19.2. The molecular weight excluding hydrogens is 446 g/mol. The van der Waals surface area contributed by atoms with E-state index in [0.717, 1.165) is 66.2 Å².